The molecule has 0 aromatic heterocycles. The molecule has 0 unspecified atom stereocenters. The van der Waals surface area contributed by atoms with Gasteiger partial charge >= 0.3 is 0 Å². The van der Waals surface area contributed by atoms with Crippen LogP contribution >= 0.6 is 0 Å². The van der Waals surface area contributed by atoms with E-state index >= 15 is 0 Å². The third-order valence-corrected chi connectivity index (χ3v) is 6.79. The van der Waals surface area contributed by atoms with Crippen molar-refractivity contribution in [3.63, 3.8) is 0 Å². The summed E-state index contributed by atoms with van der Waals surface area (Å²) >= 11 is 0. The van der Waals surface area contributed by atoms with Crippen LogP contribution in [-0.4, -0.2) is 37.7 Å². The van der Waals surface area contributed by atoms with Crippen LogP contribution in [0.3, 0.4) is 0 Å². The normalized spacial score (nSPS) is 26.2. The van der Waals surface area contributed by atoms with Gasteiger partial charge in [-0.3, -0.25) is 4.90 Å². The Hall–Kier alpha value is -2.00. The van der Waals surface area contributed by atoms with Gasteiger partial charge in [-0.1, -0.05) is 37.3 Å². The maximum atomic E-state index is 5.84. The predicted molar refractivity (Wildman–Crippen MR) is 117 cm³/mol. The SMILES string of the molecule is CCOc1cccc([C@]2(N3CCN(c4ccccc4)CC3)CC[C@H](C)CC2)c1. The van der Waals surface area contributed by atoms with Crippen molar-refractivity contribution in [3.8, 4) is 5.75 Å². The highest BCUT2D eigenvalue weighted by atomic mass is 16.5. The smallest absolute Gasteiger partial charge is 0.119 e. The zero-order valence-corrected chi connectivity index (χ0v) is 17.4. The lowest BCUT2D eigenvalue weighted by atomic mass is 9.71. The Balaban J connectivity index is 1.56. The third-order valence-electron chi connectivity index (χ3n) is 6.79. The van der Waals surface area contributed by atoms with Crippen molar-refractivity contribution >= 4 is 5.69 Å². The summed E-state index contributed by atoms with van der Waals surface area (Å²) in [6, 6.07) is 19.8. The molecule has 28 heavy (non-hydrogen) atoms. The summed E-state index contributed by atoms with van der Waals surface area (Å²) in [5, 5.41) is 0. The highest BCUT2D eigenvalue weighted by Gasteiger charge is 2.42. The Morgan fingerprint density at radius 1 is 0.929 bits per heavy atom. The second-order valence-electron chi connectivity index (χ2n) is 8.48. The standard InChI is InChI=1S/C25H34N2O/c1-3-28-24-11-7-8-22(20-24)25(14-12-21(2)13-15-25)27-18-16-26(17-19-27)23-9-5-4-6-10-23/h4-11,20-21H,3,12-19H2,1-2H3/t21-,25-. The van der Waals surface area contributed by atoms with Crippen LogP contribution in [0, 0.1) is 5.92 Å². The molecule has 0 spiro atoms. The lowest BCUT2D eigenvalue weighted by Gasteiger charge is -2.51. The largest absolute Gasteiger partial charge is 0.494 e. The number of ether oxygens (including phenoxy) is 1. The van der Waals surface area contributed by atoms with Gasteiger partial charge in [0.05, 0.1) is 6.61 Å². The van der Waals surface area contributed by atoms with Gasteiger partial charge in [0, 0.05) is 37.4 Å². The maximum absolute atomic E-state index is 5.84. The van der Waals surface area contributed by atoms with Gasteiger partial charge in [0.15, 0.2) is 0 Å². The summed E-state index contributed by atoms with van der Waals surface area (Å²) in [7, 11) is 0. The van der Waals surface area contributed by atoms with Crippen LogP contribution in [-0.2, 0) is 5.54 Å². The minimum Gasteiger partial charge on any atom is -0.494 e. The second-order valence-corrected chi connectivity index (χ2v) is 8.48. The Morgan fingerprint density at radius 3 is 2.32 bits per heavy atom. The van der Waals surface area contributed by atoms with Crippen LogP contribution < -0.4 is 9.64 Å². The lowest BCUT2D eigenvalue weighted by molar-refractivity contribution is 0.0297. The van der Waals surface area contributed by atoms with Crippen LogP contribution in [0.15, 0.2) is 54.6 Å². The lowest BCUT2D eigenvalue weighted by Crippen LogP contribution is -2.56. The fourth-order valence-electron chi connectivity index (χ4n) is 5.10. The molecular weight excluding hydrogens is 344 g/mol. The van der Waals surface area contributed by atoms with Gasteiger partial charge in [0.2, 0.25) is 0 Å². The van der Waals surface area contributed by atoms with Gasteiger partial charge in [0.25, 0.3) is 0 Å². The van der Waals surface area contributed by atoms with E-state index in [0.717, 1.165) is 44.5 Å². The van der Waals surface area contributed by atoms with E-state index in [1.807, 2.05) is 0 Å². The van der Waals surface area contributed by atoms with Crippen LogP contribution in [0.1, 0.15) is 45.1 Å². The van der Waals surface area contributed by atoms with Crippen molar-refractivity contribution in [1.29, 1.82) is 0 Å². The van der Waals surface area contributed by atoms with E-state index in [2.05, 4.69) is 78.2 Å². The first kappa shape index (κ1) is 19.3. The second kappa shape index (κ2) is 8.57. The first-order valence-corrected chi connectivity index (χ1v) is 11.0. The van der Waals surface area contributed by atoms with Crippen LogP contribution in [0.4, 0.5) is 5.69 Å². The molecule has 150 valence electrons. The van der Waals surface area contributed by atoms with Gasteiger partial charge in [-0.15, -0.1) is 0 Å². The number of hydrogen-bond donors (Lipinski definition) is 0. The molecule has 0 N–H and O–H groups in total. The Morgan fingerprint density at radius 2 is 1.64 bits per heavy atom. The zero-order chi connectivity index (χ0) is 19.4. The molecule has 3 heteroatoms. The number of anilines is 1. The molecular formula is C25H34N2O. The molecule has 1 saturated heterocycles. The van der Waals surface area contributed by atoms with E-state index < -0.39 is 0 Å². The van der Waals surface area contributed by atoms with Crippen LogP contribution in [0.5, 0.6) is 5.75 Å². The first-order chi connectivity index (χ1) is 13.7. The average molecular weight is 379 g/mol. The number of piperazine rings is 1. The first-order valence-electron chi connectivity index (χ1n) is 11.0. The average Bonchev–Trinajstić information content (AvgIpc) is 2.76. The minimum atomic E-state index is 0.169. The Bertz CT molecular complexity index is 744. The van der Waals surface area contributed by atoms with Crippen molar-refractivity contribution in [3.05, 3.63) is 60.2 Å². The van der Waals surface area contributed by atoms with Gasteiger partial charge in [0.1, 0.15) is 5.75 Å². The molecule has 1 heterocycles. The molecule has 0 radical (unpaired) electrons. The number of benzene rings is 2. The van der Waals surface area contributed by atoms with Crippen molar-refractivity contribution in [1.82, 2.24) is 4.90 Å². The van der Waals surface area contributed by atoms with E-state index in [1.165, 1.54) is 36.9 Å². The summed E-state index contributed by atoms with van der Waals surface area (Å²) in [6.07, 6.45) is 5.15. The van der Waals surface area contributed by atoms with E-state index in [-0.39, 0.29) is 5.54 Å². The molecule has 2 fully saturated rings. The predicted octanol–water partition coefficient (Wildman–Crippen LogP) is 5.31. The van der Waals surface area contributed by atoms with Gasteiger partial charge < -0.3 is 9.64 Å². The maximum Gasteiger partial charge on any atom is 0.119 e. The fourth-order valence-corrected chi connectivity index (χ4v) is 5.10. The molecule has 0 amide bonds. The van der Waals surface area contributed by atoms with Gasteiger partial charge in [-0.2, -0.15) is 0 Å². The highest BCUT2D eigenvalue weighted by molar-refractivity contribution is 5.46. The summed E-state index contributed by atoms with van der Waals surface area (Å²) in [6.45, 7) is 9.66. The van der Waals surface area contributed by atoms with Gasteiger partial charge in [-0.05, 0) is 68.4 Å². The molecule has 2 aromatic rings. The third kappa shape index (κ3) is 3.91. The van der Waals surface area contributed by atoms with Crippen LogP contribution in [0.2, 0.25) is 0 Å². The molecule has 1 aliphatic carbocycles. The summed E-state index contributed by atoms with van der Waals surface area (Å²) < 4.78 is 5.84. The monoisotopic (exact) mass is 378 g/mol. The molecule has 1 aliphatic heterocycles. The topological polar surface area (TPSA) is 15.7 Å². The van der Waals surface area contributed by atoms with Gasteiger partial charge in [-0.25, -0.2) is 0 Å². The highest BCUT2D eigenvalue weighted by Crippen LogP contribution is 2.45. The number of nitrogens with zero attached hydrogens (tertiary/aromatic N) is 2. The Labute approximate surface area is 170 Å². The van der Waals surface area contributed by atoms with E-state index in [1.54, 1.807) is 0 Å². The molecule has 4 rings (SSSR count). The molecule has 2 aromatic carbocycles. The number of para-hydroxylation sites is 1. The zero-order valence-electron chi connectivity index (χ0n) is 17.4. The fraction of sp³-hybridized carbons (Fsp3) is 0.520. The summed E-state index contributed by atoms with van der Waals surface area (Å²) in [4.78, 5) is 5.32. The van der Waals surface area contributed by atoms with Crippen molar-refractivity contribution in [2.75, 3.05) is 37.7 Å². The molecule has 1 saturated carbocycles. The molecule has 3 nitrogen and oxygen atoms in total. The summed E-state index contributed by atoms with van der Waals surface area (Å²) in [5.74, 6) is 1.86. The van der Waals surface area contributed by atoms with Crippen molar-refractivity contribution < 1.29 is 4.74 Å². The van der Waals surface area contributed by atoms with E-state index in [0.29, 0.717) is 0 Å². The molecule has 2 aliphatic rings. The van der Waals surface area contributed by atoms with Crippen LogP contribution in [0.25, 0.3) is 0 Å². The van der Waals surface area contributed by atoms with E-state index in [4.69, 9.17) is 4.74 Å². The van der Waals surface area contributed by atoms with Crippen molar-refractivity contribution in [2.45, 2.75) is 45.1 Å². The number of rotatable bonds is 5. The Kier molecular flexibility index (Phi) is 5.91. The quantitative estimate of drug-likeness (QED) is 0.701. The molecule has 0 bridgehead atoms. The van der Waals surface area contributed by atoms with E-state index in [9.17, 15) is 0 Å². The summed E-state index contributed by atoms with van der Waals surface area (Å²) in [5.41, 5.74) is 2.98. The van der Waals surface area contributed by atoms with Crippen molar-refractivity contribution in [2.24, 2.45) is 5.92 Å². The minimum absolute atomic E-state index is 0.169. The number of hydrogen-bond acceptors (Lipinski definition) is 3. The molecule has 0 atom stereocenters.